The first-order chi connectivity index (χ1) is 9.95. The lowest BCUT2D eigenvalue weighted by Gasteiger charge is -2.12. The lowest BCUT2D eigenvalue weighted by molar-refractivity contribution is 0.0320. The zero-order valence-corrected chi connectivity index (χ0v) is 12.5. The molecule has 1 saturated carbocycles. The summed E-state index contributed by atoms with van der Waals surface area (Å²) in [5, 5.41) is 0.557. The molecule has 3 rings (SSSR count). The molecule has 0 radical (unpaired) electrons. The third-order valence-electron chi connectivity index (χ3n) is 4.02. The number of benzene rings is 1. The summed E-state index contributed by atoms with van der Waals surface area (Å²) in [6.45, 7) is 0. The van der Waals surface area contributed by atoms with E-state index in [1.165, 1.54) is 6.26 Å². The Balaban J connectivity index is 1.74. The van der Waals surface area contributed by atoms with Crippen molar-refractivity contribution in [1.29, 1.82) is 0 Å². The highest BCUT2D eigenvalue weighted by Crippen LogP contribution is 2.28. The Morgan fingerprint density at radius 1 is 1.29 bits per heavy atom. The first kappa shape index (κ1) is 14.1. The average Bonchev–Trinajstić information content (AvgIpc) is 3.05. The molecule has 0 spiro atoms. The van der Waals surface area contributed by atoms with Gasteiger partial charge in [-0.2, -0.15) is 0 Å². The van der Waals surface area contributed by atoms with Gasteiger partial charge in [-0.3, -0.25) is 0 Å². The number of nitrogens with one attached hydrogen (secondary N) is 1. The van der Waals surface area contributed by atoms with Crippen LogP contribution in [-0.2, 0) is 14.6 Å². The number of para-hydroxylation sites is 1. The number of hydrogen-bond acceptors (Lipinski definition) is 4. The van der Waals surface area contributed by atoms with Gasteiger partial charge in [-0.05, 0) is 25.0 Å². The molecule has 5 nitrogen and oxygen atoms in total. The fourth-order valence-corrected chi connectivity index (χ4v) is 3.99. The zero-order chi connectivity index (χ0) is 15.0. The van der Waals surface area contributed by atoms with Crippen LogP contribution in [0.2, 0.25) is 0 Å². The summed E-state index contributed by atoms with van der Waals surface area (Å²) in [4.78, 5) is 15.3. The number of aromatic nitrogens is 1. The minimum absolute atomic E-state index is 0.317. The molecule has 1 N–H and O–H groups in total. The fraction of sp³-hybridized carbons (Fsp3) is 0.400. The van der Waals surface area contributed by atoms with Crippen LogP contribution in [0.5, 0.6) is 0 Å². The number of fused-ring (bicyclic) bond motifs is 1. The van der Waals surface area contributed by atoms with Crippen molar-refractivity contribution in [3.63, 3.8) is 0 Å². The second-order valence-corrected chi connectivity index (χ2v) is 7.87. The molecular weight excluding hydrogens is 290 g/mol. The van der Waals surface area contributed by atoms with Crippen LogP contribution in [0.25, 0.3) is 10.9 Å². The van der Waals surface area contributed by atoms with Gasteiger partial charge in [0.25, 0.3) is 0 Å². The zero-order valence-electron chi connectivity index (χ0n) is 11.7. The summed E-state index contributed by atoms with van der Waals surface area (Å²) >= 11 is 0. The first-order valence-corrected chi connectivity index (χ1v) is 8.86. The van der Waals surface area contributed by atoms with Gasteiger partial charge < -0.3 is 9.72 Å². The molecule has 1 aromatic carbocycles. The van der Waals surface area contributed by atoms with Crippen LogP contribution < -0.4 is 0 Å². The molecule has 2 atom stereocenters. The standard InChI is InChI=1S/C15H17NO4S/c1-21(18,19)12-6-5-11(9-12)20-15(17)13-4-2-3-10-7-8-16-14(10)13/h2-4,7-8,11-12,16H,5-6,9H2,1H3/t11-,12+/m0/s1. The van der Waals surface area contributed by atoms with Gasteiger partial charge in [0.2, 0.25) is 0 Å². The number of aromatic amines is 1. The fourth-order valence-electron chi connectivity index (χ4n) is 2.87. The summed E-state index contributed by atoms with van der Waals surface area (Å²) in [6, 6.07) is 7.32. The summed E-state index contributed by atoms with van der Waals surface area (Å²) in [5.41, 5.74) is 1.24. The van der Waals surface area contributed by atoms with Crippen LogP contribution >= 0.6 is 0 Å². The Hall–Kier alpha value is -1.82. The second-order valence-electron chi connectivity index (χ2n) is 5.54. The molecule has 0 amide bonds. The quantitative estimate of drug-likeness (QED) is 0.883. The molecule has 1 heterocycles. The Bertz CT molecular complexity index is 778. The third-order valence-corrected chi connectivity index (χ3v) is 5.66. The van der Waals surface area contributed by atoms with Gasteiger partial charge in [0.15, 0.2) is 0 Å². The van der Waals surface area contributed by atoms with Crippen LogP contribution in [0.3, 0.4) is 0 Å². The Morgan fingerprint density at radius 2 is 2.10 bits per heavy atom. The number of sulfone groups is 1. The molecule has 112 valence electrons. The highest BCUT2D eigenvalue weighted by atomic mass is 32.2. The third kappa shape index (κ3) is 2.81. The van der Waals surface area contributed by atoms with Crippen LogP contribution in [0, 0.1) is 0 Å². The number of esters is 1. The van der Waals surface area contributed by atoms with E-state index in [2.05, 4.69) is 4.98 Å². The molecule has 0 aliphatic heterocycles. The topological polar surface area (TPSA) is 76.2 Å². The number of H-pyrrole nitrogens is 1. The van der Waals surface area contributed by atoms with Crippen molar-refractivity contribution in [2.75, 3.05) is 6.26 Å². The molecule has 1 aromatic heterocycles. The Labute approximate surface area is 123 Å². The predicted octanol–water partition coefficient (Wildman–Crippen LogP) is 2.29. The van der Waals surface area contributed by atoms with Crippen molar-refractivity contribution in [2.45, 2.75) is 30.6 Å². The van der Waals surface area contributed by atoms with E-state index >= 15 is 0 Å². The maximum Gasteiger partial charge on any atom is 0.340 e. The lowest BCUT2D eigenvalue weighted by Crippen LogP contribution is -2.20. The highest BCUT2D eigenvalue weighted by molar-refractivity contribution is 7.91. The van der Waals surface area contributed by atoms with Gasteiger partial charge in [-0.15, -0.1) is 0 Å². The maximum atomic E-state index is 12.3. The Morgan fingerprint density at radius 3 is 2.81 bits per heavy atom. The van der Waals surface area contributed by atoms with E-state index in [4.69, 9.17) is 4.74 Å². The van der Waals surface area contributed by atoms with E-state index in [0.717, 1.165) is 10.9 Å². The molecule has 21 heavy (non-hydrogen) atoms. The Kier molecular flexibility index (Phi) is 3.49. The molecule has 2 aromatic rings. The second kappa shape index (κ2) is 5.18. The SMILES string of the molecule is CS(=O)(=O)[C@@H]1CC[C@H](OC(=O)c2cccc3cc[nH]c23)C1. The summed E-state index contributed by atoms with van der Waals surface area (Å²) in [7, 11) is -3.06. The van der Waals surface area contributed by atoms with Crippen LogP contribution in [0.1, 0.15) is 29.6 Å². The number of carbonyl (C=O) groups excluding carboxylic acids is 1. The molecule has 1 aliphatic carbocycles. The van der Waals surface area contributed by atoms with Crippen molar-refractivity contribution in [3.8, 4) is 0 Å². The van der Waals surface area contributed by atoms with Gasteiger partial charge in [0.1, 0.15) is 15.9 Å². The maximum absolute atomic E-state index is 12.3. The molecule has 0 bridgehead atoms. The molecule has 6 heteroatoms. The normalized spacial score (nSPS) is 22.5. The minimum atomic E-state index is -3.06. The van der Waals surface area contributed by atoms with Crippen LogP contribution in [0.15, 0.2) is 30.5 Å². The van der Waals surface area contributed by atoms with Gasteiger partial charge in [-0.1, -0.05) is 12.1 Å². The van der Waals surface area contributed by atoms with E-state index in [9.17, 15) is 13.2 Å². The van der Waals surface area contributed by atoms with Crippen LogP contribution in [0.4, 0.5) is 0 Å². The van der Waals surface area contributed by atoms with Gasteiger partial charge in [0, 0.05) is 24.3 Å². The molecule has 0 unspecified atom stereocenters. The lowest BCUT2D eigenvalue weighted by atomic mass is 10.1. The monoisotopic (exact) mass is 307 g/mol. The van der Waals surface area contributed by atoms with Gasteiger partial charge in [-0.25, -0.2) is 13.2 Å². The van der Waals surface area contributed by atoms with Crippen molar-refractivity contribution >= 4 is 26.7 Å². The van der Waals surface area contributed by atoms with E-state index in [1.807, 2.05) is 12.1 Å². The number of ether oxygens (including phenoxy) is 1. The average molecular weight is 307 g/mol. The van der Waals surface area contributed by atoms with Crippen molar-refractivity contribution in [2.24, 2.45) is 0 Å². The minimum Gasteiger partial charge on any atom is -0.459 e. The first-order valence-electron chi connectivity index (χ1n) is 6.91. The molecular formula is C15H17NO4S. The summed E-state index contributed by atoms with van der Waals surface area (Å²) in [5.74, 6) is -0.401. The summed E-state index contributed by atoms with van der Waals surface area (Å²) in [6.07, 6.45) is 4.25. The van der Waals surface area contributed by atoms with Crippen molar-refractivity contribution in [3.05, 3.63) is 36.0 Å². The van der Waals surface area contributed by atoms with E-state index in [-0.39, 0.29) is 6.10 Å². The van der Waals surface area contributed by atoms with Crippen molar-refractivity contribution < 1.29 is 17.9 Å². The largest absolute Gasteiger partial charge is 0.459 e. The smallest absolute Gasteiger partial charge is 0.340 e. The number of rotatable bonds is 3. The van der Waals surface area contributed by atoms with E-state index < -0.39 is 21.1 Å². The highest BCUT2D eigenvalue weighted by Gasteiger charge is 2.34. The predicted molar refractivity (Wildman–Crippen MR) is 80.0 cm³/mol. The van der Waals surface area contributed by atoms with E-state index in [1.54, 1.807) is 18.3 Å². The van der Waals surface area contributed by atoms with E-state index in [0.29, 0.717) is 24.8 Å². The van der Waals surface area contributed by atoms with Crippen molar-refractivity contribution in [1.82, 2.24) is 4.98 Å². The van der Waals surface area contributed by atoms with Gasteiger partial charge in [0.05, 0.1) is 16.3 Å². The number of carbonyl (C=O) groups is 1. The molecule has 1 fully saturated rings. The van der Waals surface area contributed by atoms with Gasteiger partial charge >= 0.3 is 5.97 Å². The molecule has 1 aliphatic rings. The summed E-state index contributed by atoms with van der Waals surface area (Å²) < 4.78 is 28.5. The number of hydrogen-bond donors (Lipinski definition) is 1. The van der Waals surface area contributed by atoms with Crippen LogP contribution in [-0.4, -0.2) is 37.0 Å². The molecule has 0 saturated heterocycles.